The Morgan fingerprint density at radius 2 is 1.52 bits per heavy atom. The number of ketones is 1. The van der Waals surface area contributed by atoms with Gasteiger partial charge >= 0.3 is 0 Å². The van der Waals surface area contributed by atoms with Crippen LogP contribution in [-0.2, 0) is 0 Å². The maximum Gasteiger partial charge on any atom is 0.221 e. The van der Waals surface area contributed by atoms with E-state index in [1.807, 2.05) is 66.9 Å². The molecule has 5 heteroatoms. The van der Waals surface area contributed by atoms with Crippen LogP contribution in [0.15, 0.2) is 114 Å². The number of rotatable bonds is 6. The van der Waals surface area contributed by atoms with Gasteiger partial charge in [-0.1, -0.05) is 48.5 Å². The molecule has 160 valence electrons. The van der Waals surface area contributed by atoms with Crippen molar-refractivity contribution < 1.29 is 13.6 Å². The zero-order valence-corrected chi connectivity index (χ0v) is 17.6. The minimum atomic E-state index is -0.324. The summed E-state index contributed by atoms with van der Waals surface area (Å²) in [5, 5.41) is 4.75. The fourth-order valence-corrected chi connectivity index (χ4v) is 3.53. The highest BCUT2D eigenvalue weighted by atomic mass is 19.1. The van der Waals surface area contributed by atoms with Gasteiger partial charge in [-0.25, -0.2) is 9.07 Å². The Bertz CT molecular complexity index is 1420. The first-order valence-corrected chi connectivity index (χ1v) is 10.5. The van der Waals surface area contributed by atoms with E-state index in [2.05, 4.69) is 0 Å². The molecule has 0 saturated heterocycles. The molecular formula is C28H19FN2O2. The van der Waals surface area contributed by atoms with Gasteiger partial charge in [0.15, 0.2) is 5.76 Å². The zero-order valence-electron chi connectivity index (χ0n) is 17.6. The molecule has 2 heterocycles. The van der Waals surface area contributed by atoms with Crippen molar-refractivity contribution in [3.63, 3.8) is 0 Å². The molecule has 0 spiro atoms. The normalized spacial score (nSPS) is 11.2. The standard InChI is InChI=1S/C28H19FN2O2/c29-23-14-11-20(12-15-23)26-17-18-27(33-26)25(32)16-13-22-19-31(24-9-5-2-6-10-24)30-28(22)21-7-3-1-4-8-21/h1-19H/b16-13+. The average Bonchev–Trinajstić information content (AvgIpc) is 3.52. The zero-order chi connectivity index (χ0) is 22.6. The summed E-state index contributed by atoms with van der Waals surface area (Å²) in [6, 6.07) is 28.9. The quantitative estimate of drug-likeness (QED) is 0.217. The number of aromatic nitrogens is 2. The average molecular weight is 434 g/mol. The lowest BCUT2D eigenvalue weighted by Crippen LogP contribution is -1.93. The van der Waals surface area contributed by atoms with Crippen LogP contribution in [0, 0.1) is 5.82 Å². The van der Waals surface area contributed by atoms with Crippen LogP contribution >= 0.6 is 0 Å². The van der Waals surface area contributed by atoms with E-state index in [4.69, 9.17) is 9.52 Å². The molecule has 0 aliphatic carbocycles. The second-order valence-corrected chi connectivity index (χ2v) is 7.45. The van der Waals surface area contributed by atoms with Crippen molar-refractivity contribution in [1.29, 1.82) is 0 Å². The lowest BCUT2D eigenvalue weighted by molar-refractivity contribution is 0.102. The number of nitrogens with zero attached hydrogens (tertiary/aromatic N) is 2. The van der Waals surface area contributed by atoms with Gasteiger partial charge in [-0.15, -0.1) is 0 Å². The Balaban J connectivity index is 1.45. The van der Waals surface area contributed by atoms with Crippen molar-refractivity contribution in [3.05, 3.63) is 126 Å². The van der Waals surface area contributed by atoms with Crippen molar-refractivity contribution in [2.45, 2.75) is 0 Å². The molecule has 0 bridgehead atoms. The molecule has 0 aliphatic heterocycles. The number of furan rings is 1. The summed E-state index contributed by atoms with van der Waals surface area (Å²) in [7, 11) is 0. The monoisotopic (exact) mass is 434 g/mol. The second kappa shape index (κ2) is 8.93. The van der Waals surface area contributed by atoms with Gasteiger partial charge in [0.25, 0.3) is 0 Å². The number of hydrogen-bond donors (Lipinski definition) is 0. The lowest BCUT2D eigenvalue weighted by atomic mass is 10.1. The number of halogens is 1. The Kier molecular flexibility index (Phi) is 5.52. The molecule has 0 amide bonds. The number of para-hydroxylation sites is 1. The molecule has 0 unspecified atom stereocenters. The minimum absolute atomic E-state index is 0.210. The van der Waals surface area contributed by atoms with E-state index in [9.17, 15) is 9.18 Å². The number of hydrogen-bond acceptors (Lipinski definition) is 3. The largest absolute Gasteiger partial charge is 0.453 e. The molecule has 5 aromatic rings. The third-order valence-electron chi connectivity index (χ3n) is 5.20. The molecular weight excluding hydrogens is 415 g/mol. The van der Waals surface area contributed by atoms with E-state index in [1.165, 1.54) is 18.2 Å². The van der Waals surface area contributed by atoms with Crippen LogP contribution in [-0.4, -0.2) is 15.6 Å². The van der Waals surface area contributed by atoms with E-state index in [1.54, 1.807) is 35.0 Å². The molecule has 0 fully saturated rings. The molecule has 0 saturated carbocycles. The molecule has 0 radical (unpaired) electrons. The maximum atomic E-state index is 13.2. The second-order valence-electron chi connectivity index (χ2n) is 7.45. The first-order valence-electron chi connectivity index (χ1n) is 10.5. The van der Waals surface area contributed by atoms with E-state index in [0.29, 0.717) is 11.3 Å². The van der Waals surface area contributed by atoms with Crippen LogP contribution in [0.25, 0.3) is 34.3 Å². The summed E-state index contributed by atoms with van der Waals surface area (Å²) in [5.41, 5.74) is 4.17. The predicted molar refractivity (Wildman–Crippen MR) is 126 cm³/mol. The van der Waals surface area contributed by atoms with Crippen molar-refractivity contribution in [1.82, 2.24) is 9.78 Å². The van der Waals surface area contributed by atoms with Crippen molar-refractivity contribution in [3.8, 4) is 28.3 Å². The van der Waals surface area contributed by atoms with Gasteiger partial charge in [-0.3, -0.25) is 4.79 Å². The third-order valence-corrected chi connectivity index (χ3v) is 5.20. The fourth-order valence-electron chi connectivity index (χ4n) is 3.53. The molecule has 3 aromatic carbocycles. The van der Waals surface area contributed by atoms with Gasteiger partial charge in [-0.2, -0.15) is 5.10 Å². The van der Waals surface area contributed by atoms with Crippen LogP contribution < -0.4 is 0 Å². The van der Waals surface area contributed by atoms with Crippen LogP contribution in [0.5, 0.6) is 0 Å². The van der Waals surface area contributed by atoms with Crippen molar-refractivity contribution >= 4 is 11.9 Å². The van der Waals surface area contributed by atoms with E-state index in [0.717, 1.165) is 22.5 Å². The number of benzene rings is 3. The van der Waals surface area contributed by atoms with Gasteiger partial charge in [0.1, 0.15) is 11.6 Å². The van der Waals surface area contributed by atoms with Crippen LogP contribution in [0.3, 0.4) is 0 Å². The van der Waals surface area contributed by atoms with Crippen LogP contribution in [0.1, 0.15) is 16.1 Å². The molecule has 33 heavy (non-hydrogen) atoms. The number of carbonyl (C=O) groups excluding carboxylic acids is 1. The fraction of sp³-hybridized carbons (Fsp3) is 0. The topological polar surface area (TPSA) is 48.0 Å². The molecule has 4 nitrogen and oxygen atoms in total. The first-order chi connectivity index (χ1) is 16.2. The highest BCUT2D eigenvalue weighted by Crippen LogP contribution is 2.26. The van der Waals surface area contributed by atoms with Gasteiger partial charge in [0.2, 0.25) is 5.78 Å². The molecule has 5 rings (SSSR count). The smallest absolute Gasteiger partial charge is 0.221 e. The Morgan fingerprint density at radius 3 is 2.24 bits per heavy atom. The highest BCUT2D eigenvalue weighted by molar-refractivity contribution is 6.05. The molecule has 0 aliphatic rings. The van der Waals surface area contributed by atoms with Crippen LogP contribution in [0.4, 0.5) is 4.39 Å². The predicted octanol–water partition coefficient (Wildman–Crippen LogP) is 6.83. The van der Waals surface area contributed by atoms with Crippen molar-refractivity contribution in [2.24, 2.45) is 0 Å². The summed E-state index contributed by atoms with van der Waals surface area (Å²) in [6.07, 6.45) is 5.12. The third kappa shape index (κ3) is 4.43. The summed E-state index contributed by atoms with van der Waals surface area (Å²) in [4.78, 5) is 12.8. The number of carbonyl (C=O) groups is 1. The lowest BCUT2D eigenvalue weighted by Gasteiger charge is -2.00. The Hall–Kier alpha value is -4.51. The minimum Gasteiger partial charge on any atom is -0.453 e. The van der Waals surface area contributed by atoms with Crippen LogP contribution in [0.2, 0.25) is 0 Å². The molecule has 2 aromatic heterocycles. The SMILES string of the molecule is O=C(/C=C/c1cn(-c2ccccc2)nc1-c1ccccc1)c1ccc(-c2ccc(F)cc2)o1. The van der Waals surface area contributed by atoms with E-state index in [-0.39, 0.29) is 17.4 Å². The van der Waals surface area contributed by atoms with Gasteiger partial charge in [0.05, 0.1) is 11.4 Å². The Labute approximate surface area is 190 Å². The first kappa shape index (κ1) is 20.4. The highest BCUT2D eigenvalue weighted by Gasteiger charge is 2.13. The summed E-state index contributed by atoms with van der Waals surface area (Å²) in [5.74, 6) is 0.126. The summed E-state index contributed by atoms with van der Waals surface area (Å²) in [6.45, 7) is 0. The molecule has 0 atom stereocenters. The molecule has 0 N–H and O–H groups in total. The maximum absolute atomic E-state index is 13.2. The number of allylic oxidation sites excluding steroid dienone is 1. The van der Waals surface area contributed by atoms with E-state index < -0.39 is 0 Å². The van der Waals surface area contributed by atoms with Gasteiger partial charge in [0, 0.05) is 22.9 Å². The van der Waals surface area contributed by atoms with Gasteiger partial charge < -0.3 is 4.42 Å². The van der Waals surface area contributed by atoms with Gasteiger partial charge in [-0.05, 0) is 60.7 Å². The van der Waals surface area contributed by atoms with Crippen molar-refractivity contribution in [2.75, 3.05) is 0 Å². The summed E-state index contributed by atoms with van der Waals surface area (Å²) >= 11 is 0. The Morgan fingerprint density at radius 1 is 0.818 bits per heavy atom. The van der Waals surface area contributed by atoms with E-state index >= 15 is 0 Å². The summed E-state index contributed by atoms with van der Waals surface area (Å²) < 4.78 is 20.7.